The quantitative estimate of drug-likeness (QED) is 0.671. The average Bonchev–Trinajstić information content (AvgIpc) is 2.44. The molecule has 3 aromatic rings. The van der Waals surface area contributed by atoms with Crippen molar-refractivity contribution >= 4 is 23.1 Å². The molecule has 21 heavy (non-hydrogen) atoms. The number of nitrogens with zero attached hydrogens (tertiary/aromatic N) is 1. The maximum absolute atomic E-state index is 9.43. The third-order valence-electron chi connectivity index (χ3n) is 3.08. The summed E-state index contributed by atoms with van der Waals surface area (Å²) in [5.74, 6) is 0.219. The highest BCUT2D eigenvalue weighted by Gasteiger charge is 1.99. The van der Waals surface area contributed by atoms with Crippen molar-refractivity contribution in [3.63, 3.8) is 0 Å². The monoisotopic (exact) mass is 279 g/mol. The molecule has 0 bridgehead atoms. The van der Waals surface area contributed by atoms with Crippen molar-refractivity contribution in [1.29, 1.82) is 0 Å². The van der Waals surface area contributed by atoms with E-state index in [1.807, 2.05) is 12.1 Å². The maximum Gasteiger partial charge on any atom is 0.119 e. The van der Waals surface area contributed by atoms with Crippen LogP contribution in [0.15, 0.2) is 48.7 Å². The zero-order valence-electron chi connectivity index (χ0n) is 11.1. The van der Waals surface area contributed by atoms with E-state index in [1.54, 1.807) is 42.6 Å². The highest BCUT2D eigenvalue weighted by atomic mass is 16.3. The highest BCUT2D eigenvalue weighted by molar-refractivity contribution is 5.83. The zero-order valence-corrected chi connectivity index (χ0v) is 11.1. The Hall–Kier alpha value is -3.01. The van der Waals surface area contributed by atoms with Gasteiger partial charge in [0.25, 0.3) is 0 Å². The Labute approximate surface area is 121 Å². The maximum atomic E-state index is 9.43. The first-order valence-electron chi connectivity index (χ1n) is 6.40. The molecule has 4 heteroatoms. The number of phenols is 3. The van der Waals surface area contributed by atoms with E-state index in [2.05, 4.69) is 4.98 Å². The molecule has 3 N–H and O–H groups in total. The van der Waals surface area contributed by atoms with Gasteiger partial charge in [0.2, 0.25) is 0 Å². The van der Waals surface area contributed by atoms with Crippen molar-refractivity contribution in [3.8, 4) is 17.2 Å². The second-order valence-corrected chi connectivity index (χ2v) is 4.76. The topological polar surface area (TPSA) is 73.6 Å². The SMILES string of the molecule is Oc1cc(O)cc(/C=C/c2cnc3cc(O)ccc3c2)c1. The Morgan fingerprint density at radius 3 is 2.19 bits per heavy atom. The van der Waals surface area contributed by atoms with Crippen LogP contribution in [0.4, 0.5) is 0 Å². The molecule has 0 aliphatic carbocycles. The van der Waals surface area contributed by atoms with Gasteiger partial charge in [0, 0.05) is 23.7 Å². The molecule has 2 aromatic carbocycles. The summed E-state index contributed by atoms with van der Waals surface area (Å²) >= 11 is 0. The molecule has 3 rings (SSSR count). The number of fused-ring (bicyclic) bond motifs is 1. The van der Waals surface area contributed by atoms with E-state index in [-0.39, 0.29) is 17.2 Å². The normalized spacial score (nSPS) is 11.2. The summed E-state index contributed by atoms with van der Waals surface area (Å²) in [6, 6.07) is 11.4. The standard InChI is InChI=1S/C17H13NO3/c19-14-4-3-13-5-12(10-18-17(13)9-14)2-1-11-6-15(20)8-16(21)7-11/h1-10,19-21H/b2-1+. The van der Waals surface area contributed by atoms with Crippen LogP contribution in [-0.2, 0) is 0 Å². The van der Waals surface area contributed by atoms with Crippen LogP contribution in [0.2, 0.25) is 0 Å². The second kappa shape index (κ2) is 5.17. The molecule has 0 saturated heterocycles. The van der Waals surface area contributed by atoms with Gasteiger partial charge in [0.05, 0.1) is 5.52 Å². The van der Waals surface area contributed by atoms with Gasteiger partial charge in [-0.1, -0.05) is 12.2 Å². The number of aromatic hydroxyl groups is 3. The van der Waals surface area contributed by atoms with Gasteiger partial charge in [-0.3, -0.25) is 4.98 Å². The summed E-state index contributed by atoms with van der Waals surface area (Å²) in [5.41, 5.74) is 2.30. The van der Waals surface area contributed by atoms with E-state index in [4.69, 9.17) is 0 Å². The molecule has 104 valence electrons. The molecule has 0 atom stereocenters. The minimum atomic E-state index is 0.0155. The van der Waals surface area contributed by atoms with E-state index in [0.29, 0.717) is 5.56 Å². The van der Waals surface area contributed by atoms with Gasteiger partial charge in [-0.15, -0.1) is 0 Å². The van der Waals surface area contributed by atoms with Gasteiger partial charge in [-0.25, -0.2) is 0 Å². The lowest BCUT2D eigenvalue weighted by Gasteiger charge is -2.01. The minimum absolute atomic E-state index is 0.0155. The van der Waals surface area contributed by atoms with Crippen molar-refractivity contribution < 1.29 is 15.3 Å². The zero-order chi connectivity index (χ0) is 14.8. The summed E-state index contributed by atoms with van der Waals surface area (Å²) in [6.45, 7) is 0. The largest absolute Gasteiger partial charge is 0.508 e. The molecule has 1 heterocycles. The highest BCUT2D eigenvalue weighted by Crippen LogP contribution is 2.23. The Balaban J connectivity index is 1.93. The molecular formula is C17H13NO3. The first-order valence-corrected chi connectivity index (χ1v) is 6.40. The van der Waals surface area contributed by atoms with Crippen molar-refractivity contribution in [2.24, 2.45) is 0 Å². The summed E-state index contributed by atoms with van der Waals surface area (Å²) < 4.78 is 0. The van der Waals surface area contributed by atoms with Crippen LogP contribution in [0.25, 0.3) is 23.1 Å². The number of rotatable bonds is 2. The molecule has 0 aliphatic heterocycles. The van der Waals surface area contributed by atoms with Gasteiger partial charge in [-0.2, -0.15) is 0 Å². The smallest absolute Gasteiger partial charge is 0.119 e. The number of hydrogen-bond donors (Lipinski definition) is 3. The predicted molar refractivity (Wildman–Crippen MR) is 82.1 cm³/mol. The number of phenolic OH excluding ortho intramolecular Hbond substituents is 3. The molecule has 1 aromatic heterocycles. The third-order valence-corrected chi connectivity index (χ3v) is 3.08. The molecule has 0 fully saturated rings. The Morgan fingerprint density at radius 1 is 0.714 bits per heavy atom. The van der Waals surface area contributed by atoms with E-state index in [1.165, 1.54) is 6.07 Å². The fraction of sp³-hybridized carbons (Fsp3) is 0. The van der Waals surface area contributed by atoms with Gasteiger partial charge in [-0.05, 0) is 41.5 Å². The number of aromatic nitrogens is 1. The van der Waals surface area contributed by atoms with Crippen molar-refractivity contribution in [1.82, 2.24) is 4.98 Å². The van der Waals surface area contributed by atoms with E-state index in [0.717, 1.165) is 16.5 Å². The number of benzene rings is 2. The minimum Gasteiger partial charge on any atom is -0.508 e. The Kier molecular flexibility index (Phi) is 3.20. The summed E-state index contributed by atoms with van der Waals surface area (Å²) in [7, 11) is 0. The number of pyridine rings is 1. The predicted octanol–water partition coefficient (Wildman–Crippen LogP) is 3.52. The van der Waals surface area contributed by atoms with E-state index >= 15 is 0 Å². The Morgan fingerprint density at radius 2 is 1.43 bits per heavy atom. The number of hydrogen-bond acceptors (Lipinski definition) is 4. The lowest BCUT2D eigenvalue weighted by molar-refractivity contribution is 0.450. The van der Waals surface area contributed by atoms with Crippen molar-refractivity contribution in [2.45, 2.75) is 0 Å². The molecule has 4 nitrogen and oxygen atoms in total. The van der Waals surface area contributed by atoms with Gasteiger partial charge in [0.15, 0.2) is 0 Å². The summed E-state index contributed by atoms with van der Waals surface area (Å²) in [5, 5.41) is 29.2. The average molecular weight is 279 g/mol. The van der Waals surface area contributed by atoms with Crippen molar-refractivity contribution in [3.05, 3.63) is 59.8 Å². The van der Waals surface area contributed by atoms with Crippen LogP contribution in [0.1, 0.15) is 11.1 Å². The fourth-order valence-electron chi connectivity index (χ4n) is 2.12. The fourth-order valence-corrected chi connectivity index (χ4v) is 2.12. The third kappa shape index (κ3) is 2.95. The summed E-state index contributed by atoms with van der Waals surface area (Å²) in [4.78, 5) is 4.28. The lowest BCUT2D eigenvalue weighted by Crippen LogP contribution is -1.81. The van der Waals surface area contributed by atoms with Crippen LogP contribution in [0, 0.1) is 0 Å². The molecule has 0 saturated carbocycles. The van der Waals surface area contributed by atoms with Crippen LogP contribution in [-0.4, -0.2) is 20.3 Å². The van der Waals surface area contributed by atoms with Crippen LogP contribution in [0.5, 0.6) is 17.2 Å². The molecule has 0 radical (unpaired) electrons. The second-order valence-electron chi connectivity index (χ2n) is 4.76. The van der Waals surface area contributed by atoms with Gasteiger partial charge < -0.3 is 15.3 Å². The van der Waals surface area contributed by atoms with Crippen LogP contribution in [0.3, 0.4) is 0 Å². The molecule has 0 spiro atoms. The summed E-state index contributed by atoms with van der Waals surface area (Å²) in [6.07, 6.45) is 5.32. The van der Waals surface area contributed by atoms with E-state index in [9.17, 15) is 15.3 Å². The first kappa shape index (κ1) is 13.0. The van der Waals surface area contributed by atoms with Gasteiger partial charge >= 0.3 is 0 Å². The molecule has 0 aliphatic rings. The van der Waals surface area contributed by atoms with Crippen LogP contribution < -0.4 is 0 Å². The van der Waals surface area contributed by atoms with Crippen molar-refractivity contribution in [2.75, 3.05) is 0 Å². The van der Waals surface area contributed by atoms with E-state index < -0.39 is 0 Å². The Bertz CT molecular complexity index is 820. The van der Waals surface area contributed by atoms with Gasteiger partial charge in [0.1, 0.15) is 17.2 Å². The molecule has 0 unspecified atom stereocenters. The first-order chi connectivity index (χ1) is 10.1. The molecule has 0 amide bonds. The lowest BCUT2D eigenvalue weighted by atomic mass is 10.1. The van der Waals surface area contributed by atoms with Crippen LogP contribution >= 0.6 is 0 Å². The molecular weight excluding hydrogens is 266 g/mol.